The van der Waals surface area contributed by atoms with Crippen molar-refractivity contribution in [1.82, 2.24) is 10.6 Å². The van der Waals surface area contributed by atoms with Crippen LogP contribution in [0.3, 0.4) is 0 Å². The van der Waals surface area contributed by atoms with Crippen molar-refractivity contribution >= 4 is 5.91 Å². The zero-order chi connectivity index (χ0) is 13.5. The van der Waals surface area contributed by atoms with E-state index in [9.17, 15) is 4.79 Å². The van der Waals surface area contributed by atoms with Crippen molar-refractivity contribution in [3.05, 3.63) is 0 Å². The summed E-state index contributed by atoms with van der Waals surface area (Å²) in [5, 5.41) is 6.21. The molecule has 0 aromatic heterocycles. The fraction of sp³-hybridized carbons (Fsp3) is 0.923. The Bertz CT molecular complexity index is 227. The Labute approximate surface area is 105 Å². The third-order valence-electron chi connectivity index (χ3n) is 2.74. The van der Waals surface area contributed by atoms with Gasteiger partial charge in [-0.2, -0.15) is 0 Å². The first-order valence-corrected chi connectivity index (χ1v) is 6.45. The lowest BCUT2D eigenvalue weighted by atomic mass is 10.0. The van der Waals surface area contributed by atoms with E-state index < -0.39 is 6.10 Å². The van der Waals surface area contributed by atoms with Gasteiger partial charge in [-0.1, -0.05) is 20.8 Å². The van der Waals surface area contributed by atoms with Crippen LogP contribution >= 0.6 is 0 Å². The Morgan fingerprint density at radius 3 is 2.35 bits per heavy atom. The van der Waals surface area contributed by atoms with Crippen LogP contribution in [0.5, 0.6) is 0 Å². The van der Waals surface area contributed by atoms with Crippen LogP contribution in [0, 0.1) is 0 Å². The van der Waals surface area contributed by atoms with Gasteiger partial charge in [-0.3, -0.25) is 4.79 Å². The van der Waals surface area contributed by atoms with Crippen molar-refractivity contribution in [3.8, 4) is 0 Å². The van der Waals surface area contributed by atoms with E-state index in [-0.39, 0.29) is 11.4 Å². The zero-order valence-electron chi connectivity index (χ0n) is 12.1. The van der Waals surface area contributed by atoms with E-state index >= 15 is 0 Å². The Morgan fingerprint density at radius 1 is 1.29 bits per heavy atom. The molecule has 0 rings (SSSR count). The molecule has 0 aliphatic rings. The van der Waals surface area contributed by atoms with Gasteiger partial charge in [-0.25, -0.2) is 0 Å². The molecule has 0 heterocycles. The largest absolute Gasteiger partial charge is 0.367 e. The first-order chi connectivity index (χ1) is 7.78. The van der Waals surface area contributed by atoms with Crippen LogP contribution in [-0.2, 0) is 9.53 Å². The maximum atomic E-state index is 11.8. The van der Waals surface area contributed by atoms with Crippen LogP contribution in [0.15, 0.2) is 0 Å². The molecule has 1 atom stereocenters. The summed E-state index contributed by atoms with van der Waals surface area (Å²) in [7, 11) is 0. The highest BCUT2D eigenvalue weighted by molar-refractivity contribution is 5.81. The van der Waals surface area contributed by atoms with Crippen LogP contribution in [0.1, 0.15) is 48.0 Å². The van der Waals surface area contributed by atoms with Gasteiger partial charge in [0.1, 0.15) is 6.10 Å². The summed E-state index contributed by atoms with van der Waals surface area (Å²) in [6.45, 7) is 13.4. The molecule has 0 aromatic carbocycles. The van der Waals surface area contributed by atoms with Crippen LogP contribution in [-0.4, -0.2) is 36.7 Å². The molecule has 0 aromatic rings. The smallest absolute Gasteiger partial charge is 0.249 e. The Morgan fingerprint density at radius 2 is 1.88 bits per heavy atom. The number of nitrogens with one attached hydrogen (secondary N) is 2. The van der Waals surface area contributed by atoms with Gasteiger partial charge in [0.05, 0.1) is 6.61 Å². The summed E-state index contributed by atoms with van der Waals surface area (Å²) in [6.07, 6.45) is 0.509. The maximum Gasteiger partial charge on any atom is 0.249 e. The fourth-order valence-electron chi connectivity index (χ4n) is 1.18. The monoisotopic (exact) mass is 244 g/mol. The average molecular weight is 244 g/mol. The summed E-state index contributed by atoms with van der Waals surface area (Å²) in [5.41, 5.74) is -0.162. The Hall–Kier alpha value is -0.610. The molecule has 17 heavy (non-hydrogen) atoms. The van der Waals surface area contributed by atoms with E-state index in [2.05, 4.69) is 31.4 Å². The Balaban J connectivity index is 3.82. The molecule has 0 aliphatic carbocycles. The van der Waals surface area contributed by atoms with E-state index in [1.54, 1.807) is 6.92 Å². The second kappa shape index (κ2) is 7.67. The van der Waals surface area contributed by atoms with Crippen molar-refractivity contribution in [1.29, 1.82) is 0 Å². The number of carbonyl (C=O) groups excluding carboxylic acids is 1. The van der Waals surface area contributed by atoms with Gasteiger partial charge < -0.3 is 15.4 Å². The average Bonchev–Trinajstić information content (AvgIpc) is 2.23. The topological polar surface area (TPSA) is 50.4 Å². The first kappa shape index (κ1) is 16.4. The van der Waals surface area contributed by atoms with Gasteiger partial charge >= 0.3 is 0 Å². The van der Waals surface area contributed by atoms with Crippen LogP contribution in [0.25, 0.3) is 0 Å². The third-order valence-corrected chi connectivity index (χ3v) is 2.74. The van der Waals surface area contributed by atoms with Gasteiger partial charge in [0, 0.05) is 18.1 Å². The molecule has 4 nitrogen and oxygen atoms in total. The predicted molar refractivity (Wildman–Crippen MR) is 71.1 cm³/mol. The maximum absolute atomic E-state index is 11.8. The summed E-state index contributed by atoms with van der Waals surface area (Å²) in [6, 6.07) is 0.446. The molecule has 102 valence electrons. The van der Waals surface area contributed by atoms with Gasteiger partial charge in [0.15, 0.2) is 0 Å². The molecular weight excluding hydrogens is 216 g/mol. The van der Waals surface area contributed by atoms with Crippen LogP contribution in [0.2, 0.25) is 0 Å². The third kappa shape index (κ3) is 8.16. The molecule has 2 N–H and O–H groups in total. The lowest BCUT2D eigenvalue weighted by Gasteiger charge is -2.26. The van der Waals surface area contributed by atoms with Gasteiger partial charge in [0.25, 0.3) is 0 Å². The van der Waals surface area contributed by atoms with Crippen molar-refractivity contribution in [3.63, 3.8) is 0 Å². The molecule has 0 spiro atoms. The molecule has 1 amide bonds. The zero-order valence-corrected chi connectivity index (χ0v) is 12.1. The SMILES string of the molecule is CCC(C)(C)NC(=O)C(C)OCCNC(C)C. The molecule has 0 radical (unpaired) electrons. The fourth-order valence-corrected chi connectivity index (χ4v) is 1.18. The van der Waals surface area contributed by atoms with E-state index in [0.29, 0.717) is 12.6 Å². The normalized spacial score (nSPS) is 13.8. The second-order valence-corrected chi connectivity index (χ2v) is 5.35. The summed E-state index contributed by atoms with van der Waals surface area (Å²) in [5.74, 6) is -0.0404. The van der Waals surface area contributed by atoms with E-state index in [1.807, 2.05) is 13.8 Å². The van der Waals surface area contributed by atoms with Crippen molar-refractivity contribution in [2.75, 3.05) is 13.2 Å². The van der Waals surface area contributed by atoms with Crippen LogP contribution < -0.4 is 10.6 Å². The van der Waals surface area contributed by atoms with E-state index in [4.69, 9.17) is 4.74 Å². The van der Waals surface area contributed by atoms with Crippen molar-refractivity contribution in [2.24, 2.45) is 0 Å². The number of rotatable bonds is 8. The second-order valence-electron chi connectivity index (χ2n) is 5.35. The van der Waals surface area contributed by atoms with E-state index in [1.165, 1.54) is 0 Å². The first-order valence-electron chi connectivity index (χ1n) is 6.45. The van der Waals surface area contributed by atoms with Gasteiger partial charge in [0.2, 0.25) is 5.91 Å². The highest BCUT2D eigenvalue weighted by Gasteiger charge is 2.21. The molecule has 1 unspecified atom stereocenters. The van der Waals surface area contributed by atoms with E-state index in [0.717, 1.165) is 13.0 Å². The van der Waals surface area contributed by atoms with Gasteiger partial charge in [-0.05, 0) is 27.2 Å². The molecule has 4 heteroatoms. The number of amides is 1. The van der Waals surface area contributed by atoms with Crippen LogP contribution in [0.4, 0.5) is 0 Å². The lowest BCUT2D eigenvalue weighted by Crippen LogP contribution is -2.47. The lowest BCUT2D eigenvalue weighted by molar-refractivity contribution is -0.133. The molecule has 0 bridgehead atoms. The van der Waals surface area contributed by atoms with Crippen molar-refractivity contribution < 1.29 is 9.53 Å². The summed E-state index contributed by atoms with van der Waals surface area (Å²) in [4.78, 5) is 11.8. The minimum absolute atomic E-state index is 0.0404. The molecule has 0 fully saturated rings. The summed E-state index contributed by atoms with van der Waals surface area (Å²) < 4.78 is 5.47. The summed E-state index contributed by atoms with van der Waals surface area (Å²) >= 11 is 0. The minimum Gasteiger partial charge on any atom is -0.367 e. The molecular formula is C13H28N2O2. The highest BCUT2D eigenvalue weighted by Crippen LogP contribution is 2.07. The predicted octanol–water partition coefficient (Wildman–Crippen LogP) is 1.69. The molecule has 0 saturated heterocycles. The number of carbonyl (C=O) groups is 1. The highest BCUT2D eigenvalue weighted by atomic mass is 16.5. The van der Waals surface area contributed by atoms with Crippen molar-refractivity contribution in [2.45, 2.75) is 65.6 Å². The Kier molecular flexibility index (Phi) is 7.39. The molecule has 0 saturated carbocycles. The minimum atomic E-state index is -0.394. The van der Waals surface area contributed by atoms with Gasteiger partial charge in [-0.15, -0.1) is 0 Å². The number of ether oxygens (including phenoxy) is 1. The molecule has 0 aliphatic heterocycles. The quantitative estimate of drug-likeness (QED) is 0.639. The standard InChI is InChI=1S/C13H28N2O2/c1-7-13(5,6)15-12(16)11(4)17-9-8-14-10(2)3/h10-11,14H,7-9H2,1-6H3,(H,15,16). The number of hydrogen-bond acceptors (Lipinski definition) is 3. The number of hydrogen-bond donors (Lipinski definition) is 2.